The Morgan fingerprint density at radius 2 is 1.52 bits per heavy atom. The lowest BCUT2D eigenvalue weighted by atomic mass is 9.80. The summed E-state index contributed by atoms with van der Waals surface area (Å²) in [5.74, 6) is 2.59. The van der Waals surface area contributed by atoms with Gasteiger partial charge in [0.15, 0.2) is 0 Å². The van der Waals surface area contributed by atoms with Crippen LogP contribution < -0.4 is 15.0 Å². The number of ether oxygens (including phenoxy) is 2. The van der Waals surface area contributed by atoms with Crippen molar-refractivity contribution < 1.29 is 9.47 Å². The molecule has 2 aliphatic rings. The number of piperidine rings is 1. The van der Waals surface area contributed by atoms with Crippen LogP contribution >= 0.6 is 0 Å². The van der Waals surface area contributed by atoms with Gasteiger partial charge in [0.1, 0.15) is 11.5 Å². The molecule has 3 aromatic rings. The van der Waals surface area contributed by atoms with E-state index >= 15 is 0 Å². The molecule has 31 heavy (non-hydrogen) atoms. The second-order valence-corrected chi connectivity index (χ2v) is 8.65. The van der Waals surface area contributed by atoms with Gasteiger partial charge in [-0.15, -0.1) is 0 Å². The molecular formula is C26H28N2O3. The first-order valence-electron chi connectivity index (χ1n) is 10.9. The van der Waals surface area contributed by atoms with Crippen molar-refractivity contribution in [1.29, 1.82) is 0 Å². The monoisotopic (exact) mass is 416 g/mol. The number of hydrogen-bond donors (Lipinski definition) is 0. The number of hydrogen-bond acceptors (Lipinski definition) is 4. The van der Waals surface area contributed by atoms with E-state index in [0.717, 1.165) is 55.2 Å². The van der Waals surface area contributed by atoms with Crippen molar-refractivity contribution in [3.05, 3.63) is 82.3 Å². The van der Waals surface area contributed by atoms with E-state index < -0.39 is 0 Å². The molecule has 1 saturated heterocycles. The molecule has 2 unspecified atom stereocenters. The molecule has 1 fully saturated rings. The Balaban J connectivity index is 1.45. The minimum Gasteiger partial charge on any atom is -0.497 e. The quantitative estimate of drug-likeness (QED) is 0.627. The summed E-state index contributed by atoms with van der Waals surface area (Å²) >= 11 is 0. The van der Waals surface area contributed by atoms with Gasteiger partial charge in [0.2, 0.25) is 0 Å². The van der Waals surface area contributed by atoms with Crippen molar-refractivity contribution >= 4 is 0 Å². The fraction of sp³-hybridized carbons (Fsp3) is 0.346. The third-order valence-corrected chi connectivity index (χ3v) is 6.63. The molecule has 0 radical (unpaired) electrons. The van der Waals surface area contributed by atoms with Gasteiger partial charge in [-0.1, -0.05) is 24.3 Å². The maximum absolute atomic E-state index is 12.7. The molecule has 5 heteroatoms. The zero-order valence-corrected chi connectivity index (χ0v) is 18.1. The lowest BCUT2D eigenvalue weighted by Gasteiger charge is -2.43. The van der Waals surface area contributed by atoms with E-state index in [1.165, 1.54) is 11.3 Å². The predicted molar refractivity (Wildman–Crippen MR) is 122 cm³/mol. The van der Waals surface area contributed by atoms with Crippen LogP contribution in [-0.2, 0) is 13.1 Å². The maximum Gasteiger partial charge on any atom is 0.250 e. The van der Waals surface area contributed by atoms with E-state index in [4.69, 9.17) is 9.47 Å². The summed E-state index contributed by atoms with van der Waals surface area (Å²) in [4.78, 5) is 15.3. The van der Waals surface area contributed by atoms with Gasteiger partial charge in [0.05, 0.1) is 14.2 Å². The Hall–Kier alpha value is -3.05. The molecular weight excluding hydrogens is 388 g/mol. The summed E-state index contributed by atoms with van der Waals surface area (Å²) < 4.78 is 12.6. The molecule has 2 aliphatic heterocycles. The van der Waals surface area contributed by atoms with Crippen LogP contribution in [0.1, 0.15) is 23.6 Å². The van der Waals surface area contributed by atoms with Crippen LogP contribution in [0.25, 0.3) is 11.1 Å². The second-order valence-electron chi connectivity index (χ2n) is 8.65. The average Bonchev–Trinajstić information content (AvgIpc) is 2.80. The van der Waals surface area contributed by atoms with Crippen molar-refractivity contribution in [2.75, 3.05) is 27.3 Å². The average molecular weight is 417 g/mol. The van der Waals surface area contributed by atoms with E-state index in [9.17, 15) is 4.79 Å². The molecule has 0 amide bonds. The highest BCUT2D eigenvalue weighted by atomic mass is 16.5. The molecule has 0 N–H and O–H groups in total. The normalized spacial score (nSPS) is 20.2. The second kappa shape index (κ2) is 8.23. The lowest BCUT2D eigenvalue weighted by molar-refractivity contribution is 0.115. The summed E-state index contributed by atoms with van der Waals surface area (Å²) in [6.45, 7) is 3.72. The lowest BCUT2D eigenvalue weighted by Crippen LogP contribution is -2.47. The Morgan fingerprint density at radius 1 is 0.839 bits per heavy atom. The van der Waals surface area contributed by atoms with Crippen molar-refractivity contribution in [3.63, 3.8) is 0 Å². The number of aromatic nitrogens is 1. The number of methoxy groups -OCH3 is 2. The van der Waals surface area contributed by atoms with Crippen LogP contribution in [0.15, 0.2) is 65.5 Å². The van der Waals surface area contributed by atoms with Crippen molar-refractivity contribution in [3.8, 4) is 22.6 Å². The van der Waals surface area contributed by atoms with Gasteiger partial charge in [0, 0.05) is 49.4 Å². The summed E-state index contributed by atoms with van der Waals surface area (Å²) in [5.41, 5.74) is 4.90. The largest absolute Gasteiger partial charge is 0.497 e. The number of nitrogens with zero attached hydrogens (tertiary/aromatic N) is 2. The van der Waals surface area contributed by atoms with Crippen molar-refractivity contribution in [1.82, 2.24) is 9.47 Å². The van der Waals surface area contributed by atoms with Crippen LogP contribution in [0.5, 0.6) is 11.5 Å². The van der Waals surface area contributed by atoms with E-state index in [1.807, 2.05) is 34.9 Å². The van der Waals surface area contributed by atoms with E-state index in [-0.39, 0.29) is 5.56 Å². The molecule has 5 nitrogen and oxygen atoms in total. The molecule has 0 aliphatic carbocycles. The van der Waals surface area contributed by atoms with Crippen molar-refractivity contribution in [2.45, 2.75) is 25.4 Å². The summed E-state index contributed by atoms with van der Waals surface area (Å²) in [6, 6.07) is 20.2. The van der Waals surface area contributed by atoms with Gasteiger partial charge >= 0.3 is 0 Å². The van der Waals surface area contributed by atoms with Crippen LogP contribution in [0.3, 0.4) is 0 Å². The molecule has 1 aromatic heterocycles. The first-order valence-corrected chi connectivity index (χ1v) is 10.9. The standard InChI is InChI=1S/C26H28N2O3/c1-30-22-7-3-18(4-8-22)14-27-15-19-13-21(17-27)26-24(11-12-25(29)28(26)16-19)20-5-9-23(31-2)10-6-20/h3-12,19,21H,13-17H2,1-2H3. The fourth-order valence-corrected chi connectivity index (χ4v) is 5.25. The number of pyridine rings is 1. The number of likely N-dealkylation sites (tertiary alicyclic amines) is 1. The Bertz CT molecular complexity index is 1120. The van der Waals surface area contributed by atoms with Crippen LogP contribution in [0.4, 0.5) is 0 Å². The predicted octanol–water partition coefficient (Wildman–Crippen LogP) is 4.15. The maximum atomic E-state index is 12.7. The summed E-state index contributed by atoms with van der Waals surface area (Å²) in [7, 11) is 3.37. The van der Waals surface area contributed by atoms with E-state index in [2.05, 4.69) is 29.2 Å². The third-order valence-electron chi connectivity index (χ3n) is 6.63. The highest BCUT2D eigenvalue weighted by molar-refractivity contribution is 5.67. The molecule has 0 saturated carbocycles. The molecule has 160 valence electrons. The SMILES string of the molecule is COc1ccc(CN2CC3CC(C2)c2c(-c4ccc(OC)cc4)ccc(=O)n2C3)cc1. The van der Waals surface area contributed by atoms with Crippen LogP contribution in [-0.4, -0.2) is 36.8 Å². The Kier molecular flexibility index (Phi) is 5.28. The molecule has 5 rings (SSSR count). The van der Waals surface area contributed by atoms with Gasteiger partial charge < -0.3 is 14.0 Å². The number of rotatable bonds is 5. The van der Waals surface area contributed by atoms with E-state index in [1.54, 1.807) is 20.3 Å². The zero-order chi connectivity index (χ0) is 21.4. The Labute approximate surface area is 182 Å². The molecule has 0 spiro atoms. The summed E-state index contributed by atoms with van der Waals surface area (Å²) in [6.07, 6.45) is 1.14. The Morgan fingerprint density at radius 3 is 2.19 bits per heavy atom. The molecule has 2 aromatic carbocycles. The number of benzene rings is 2. The van der Waals surface area contributed by atoms with Gasteiger partial charge in [0.25, 0.3) is 5.56 Å². The zero-order valence-electron chi connectivity index (χ0n) is 18.1. The number of fused-ring (bicyclic) bond motifs is 4. The first-order chi connectivity index (χ1) is 15.1. The summed E-state index contributed by atoms with van der Waals surface area (Å²) in [5, 5.41) is 0. The minimum absolute atomic E-state index is 0.116. The van der Waals surface area contributed by atoms with Gasteiger partial charge in [-0.05, 0) is 53.8 Å². The smallest absolute Gasteiger partial charge is 0.250 e. The third kappa shape index (κ3) is 3.86. The fourth-order valence-electron chi connectivity index (χ4n) is 5.25. The van der Waals surface area contributed by atoms with Gasteiger partial charge in [-0.3, -0.25) is 9.69 Å². The van der Waals surface area contributed by atoms with Gasteiger partial charge in [-0.25, -0.2) is 0 Å². The molecule has 2 atom stereocenters. The highest BCUT2D eigenvalue weighted by Crippen LogP contribution is 2.40. The van der Waals surface area contributed by atoms with Crippen LogP contribution in [0.2, 0.25) is 0 Å². The van der Waals surface area contributed by atoms with Crippen LogP contribution in [0, 0.1) is 5.92 Å². The molecule has 2 bridgehead atoms. The first kappa shape index (κ1) is 19.9. The minimum atomic E-state index is 0.116. The topological polar surface area (TPSA) is 43.7 Å². The van der Waals surface area contributed by atoms with Crippen molar-refractivity contribution in [2.24, 2.45) is 5.92 Å². The molecule has 3 heterocycles. The van der Waals surface area contributed by atoms with E-state index in [0.29, 0.717) is 11.8 Å². The van der Waals surface area contributed by atoms with Gasteiger partial charge in [-0.2, -0.15) is 0 Å². The highest BCUT2D eigenvalue weighted by Gasteiger charge is 2.36.